The molecule has 1 amide bonds. The maximum absolute atomic E-state index is 13.1. The molecule has 0 radical (unpaired) electrons. The highest BCUT2D eigenvalue weighted by Gasteiger charge is 2.26. The summed E-state index contributed by atoms with van der Waals surface area (Å²) in [4.78, 5) is 19.0. The first-order valence-corrected chi connectivity index (χ1v) is 10.3. The smallest absolute Gasteiger partial charge is 0.259 e. The van der Waals surface area contributed by atoms with Gasteiger partial charge in [0.25, 0.3) is 5.91 Å². The van der Waals surface area contributed by atoms with Crippen LogP contribution in [0.1, 0.15) is 32.8 Å². The van der Waals surface area contributed by atoms with Crippen molar-refractivity contribution in [1.29, 1.82) is 0 Å². The maximum Gasteiger partial charge on any atom is 0.259 e. The van der Waals surface area contributed by atoms with Gasteiger partial charge in [0.05, 0.1) is 19.8 Å². The van der Waals surface area contributed by atoms with Crippen LogP contribution in [0.4, 0.5) is 10.7 Å². The Hall–Kier alpha value is -3.12. The van der Waals surface area contributed by atoms with Crippen molar-refractivity contribution in [2.24, 2.45) is 4.99 Å². The Morgan fingerprint density at radius 3 is 2.69 bits per heavy atom. The topological polar surface area (TPSA) is 59.9 Å². The van der Waals surface area contributed by atoms with Crippen LogP contribution in [-0.2, 0) is 12.8 Å². The molecule has 0 spiro atoms. The van der Waals surface area contributed by atoms with Gasteiger partial charge in [-0.15, -0.1) is 11.3 Å². The molecule has 1 aromatic heterocycles. The van der Waals surface area contributed by atoms with Crippen LogP contribution in [0, 0.1) is 0 Å². The second kappa shape index (κ2) is 8.49. The number of aryl methyl sites for hydroxylation is 1. The number of anilines is 1. The molecule has 1 aliphatic carbocycles. The number of amides is 1. The number of nitrogens with one attached hydrogen (secondary N) is 1. The number of carbonyl (C=O) groups is 1. The second-order valence-corrected chi connectivity index (χ2v) is 7.81. The van der Waals surface area contributed by atoms with Crippen LogP contribution in [0.15, 0.2) is 53.5 Å². The van der Waals surface area contributed by atoms with Crippen LogP contribution in [0.25, 0.3) is 0 Å². The Labute approximate surface area is 174 Å². The van der Waals surface area contributed by atoms with Crippen LogP contribution in [-0.4, -0.2) is 26.3 Å². The lowest BCUT2D eigenvalue weighted by atomic mass is 10.1. The third-order valence-corrected chi connectivity index (χ3v) is 6.12. The number of carbonyl (C=O) groups excluding carboxylic acids is 1. The fraction of sp³-hybridized carbons (Fsp3) is 0.217. The molecule has 0 bridgehead atoms. The van der Waals surface area contributed by atoms with Crippen LogP contribution >= 0.6 is 11.3 Å². The van der Waals surface area contributed by atoms with E-state index in [1.54, 1.807) is 31.8 Å². The molecule has 6 heteroatoms. The van der Waals surface area contributed by atoms with Crippen molar-refractivity contribution >= 4 is 34.1 Å². The SMILES string of the molecule is COc1ccc(OC)c(C=Nc2sc3c(c2C(=O)Nc2ccccc2)CCC3)c1. The van der Waals surface area contributed by atoms with Crippen molar-refractivity contribution < 1.29 is 14.3 Å². The first-order chi connectivity index (χ1) is 14.2. The Kier molecular flexibility index (Phi) is 5.62. The molecule has 0 atom stereocenters. The Balaban J connectivity index is 1.68. The average Bonchev–Trinajstić information content (AvgIpc) is 3.33. The number of ether oxygens (including phenoxy) is 2. The van der Waals surface area contributed by atoms with Crippen LogP contribution in [0.5, 0.6) is 11.5 Å². The molecule has 0 unspecified atom stereocenters. The van der Waals surface area contributed by atoms with Crippen LogP contribution < -0.4 is 14.8 Å². The van der Waals surface area contributed by atoms with Crippen molar-refractivity contribution in [2.75, 3.05) is 19.5 Å². The molecular weight excluding hydrogens is 384 g/mol. The van der Waals surface area contributed by atoms with Crippen LogP contribution in [0.2, 0.25) is 0 Å². The maximum atomic E-state index is 13.1. The van der Waals surface area contributed by atoms with Gasteiger partial charge in [0.2, 0.25) is 0 Å². The summed E-state index contributed by atoms with van der Waals surface area (Å²) in [5.41, 5.74) is 3.40. The van der Waals surface area contributed by atoms with E-state index in [1.165, 1.54) is 4.88 Å². The van der Waals surface area contributed by atoms with Crippen molar-refractivity contribution in [1.82, 2.24) is 0 Å². The summed E-state index contributed by atoms with van der Waals surface area (Å²) in [6.45, 7) is 0. The molecule has 0 aliphatic heterocycles. The largest absolute Gasteiger partial charge is 0.497 e. The van der Waals surface area contributed by atoms with E-state index in [4.69, 9.17) is 9.47 Å². The van der Waals surface area contributed by atoms with E-state index in [0.717, 1.165) is 46.8 Å². The first-order valence-electron chi connectivity index (χ1n) is 9.46. The molecule has 5 nitrogen and oxygen atoms in total. The summed E-state index contributed by atoms with van der Waals surface area (Å²) < 4.78 is 10.7. The molecule has 1 N–H and O–H groups in total. The number of hydrogen-bond acceptors (Lipinski definition) is 5. The van der Waals surface area contributed by atoms with Gasteiger partial charge in [0.15, 0.2) is 0 Å². The summed E-state index contributed by atoms with van der Waals surface area (Å²) in [7, 11) is 3.25. The highest BCUT2D eigenvalue weighted by Crippen LogP contribution is 2.41. The highest BCUT2D eigenvalue weighted by atomic mass is 32.1. The molecule has 148 valence electrons. The molecule has 4 rings (SSSR count). The summed E-state index contributed by atoms with van der Waals surface area (Å²) in [6, 6.07) is 15.1. The molecule has 3 aromatic rings. The van der Waals surface area contributed by atoms with E-state index >= 15 is 0 Å². The third-order valence-electron chi connectivity index (χ3n) is 4.92. The minimum Gasteiger partial charge on any atom is -0.497 e. The number of para-hydroxylation sites is 1. The monoisotopic (exact) mass is 406 g/mol. The van der Waals surface area contributed by atoms with Gasteiger partial charge in [-0.05, 0) is 55.2 Å². The fourth-order valence-corrected chi connectivity index (χ4v) is 4.73. The van der Waals surface area contributed by atoms with Gasteiger partial charge in [-0.25, -0.2) is 4.99 Å². The van der Waals surface area contributed by atoms with E-state index in [1.807, 2.05) is 48.5 Å². The molecule has 1 aliphatic rings. The van der Waals surface area contributed by atoms with E-state index in [-0.39, 0.29) is 5.91 Å². The predicted molar refractivity (Wildman–Crippen MR) is 118 cm³/mol. The summed E-state index contributed by atoms with van der Waals surface area (Å²) in [5.74, 6) is 1.32. The third kappa shape index (κ3) is 4.03. The van der Waals surface area contributed by atoms with E-state index < -0.39 is 0 Å². The quantitative estimate of drug-likeness (QED) is 0.568. The molecule has 1 heterocycles. The fourth-order valence-electron chi connectivity index (χ4n) is 3.50. The van der Waals surface area contributed by atoms with E-state index in [2.05, 4.69) is 10.3 Å². The normalized spacial score (nSPS) is 12.8. The average molecular weight is 407 g/mol. The number of nitrogens with zero attached hydrogens (tertiary/aromatic N) is 1. The lowest BCUT2D eigenvalue weighted by Crippen LogP contribution is -2.13. The minimum absolute atomic E-state index is 0.111. The van der Waals surface area contributed by atoms with Gasteiger partial charge in [-0.2, -0.15) is 0 Å². The van der Waals surface area contributed by atoms with Gasteiger partial charge >= 0.3 is 0 Å². The molecule has 0 fully saturated rings. The predicted octanol–water partition coefficient (Wildman–Crippen LogP) is 5.26. The lowest BCUT2D eigenvalue weighted by Gasteiger charge is -2.08. The summed E-state index contributed by atoms with van der Waals surface area (Å²) in [6.07, 6.45) is 4.74. The number of aliphatic imine (C=N–C) groups is 1. The zero-order chi connectivity index (χ0) is 20.2. The van der Waals surface area contributed by atoms with Gasteiger partial charge in [0, 0.05) is 22.3 Å². The number of hydrogen-bond donors (Lipinski definition) is 1. The number of methoxy groups -OCH3 is 2. The number of thiophene rings is 1. The van der Waals surface area contributed by atoms with Gasteiger partial charge in [-0.1, -0.05) is 18.2 Å². The number of rotatable bonds is 6. The van der Waals surface area contributed by atoms with Crippen LogP contribution in [0.3, 0.4) is 0 Å². The first kappa shape index (κ1) is 19.2. The summed E-state index contributed by atoms with van der Waals surface area (Å²) in [5, 5.41) is 3.73. The van der Waals surface area contributed by atoms with Gasteiger partial charge in [0.1, 0.15) is 16.5 Å². The van der Waals surface area contributed by atoms with Crippen molar-refractivity contribution in [3.8, 4) is 11.5 Å². The minimum atomic E-state index is -0.111. The molecule has 0 saturated carbocycles. The molecule has 2 aromatic carbocycles. The summed E-state index contributed by atoms with van der Waals surface area (Å²) >= 11 is 1.60. The highest BCUT2D eigenvalue weighted by molar-refractivity contribution is 7.16. The second-order valence-electron chi connectivity index (χ2n) is 6.72. The lowest BCUT2D eigenvalue weighted by molar-refractivity contribution is 0.102. The molecule has 29 heavy (non-hydrogen) atoms. The van der Waals surface area contributed by atoms with Crippen molar-refractivity contribution in [2.45, 2.75) is 19.3 Å². The standard InChI is InChI=1S/C23H22N2O3S/c1-27-17-11-12-19(28-2)15(13-17)14-24-23-21(18-9-6-10-20(18)29-23)22(26)25-16-7-4-3-5-8-16/h3-5,7-8,11-14H,6,9-10H2,1-2H3,(H,25,26). The Morgan fingerprint density at radius 1 is 1.10 bits per heavy atom. The Morgan fingerprint density at radius 2 is 1.93 bits per heavy atom. The van der Waals surface area contributed by atoms with Gasteiger partial charge in [-0.3, -0.25) is 4.79 Å². The van der Waals surface area contributed by atoms with Gasteiger partial charge < -0.3 is 14.8 Å². The zero-order valence-electron chi connectivity index (χ0n) is 16.4. The Bertz CT molecular complexity index is 1060. The number of benzene rings is 2. The molecular formula is C23H22N2O3S. The van der Waals surface area contributed by atoms with Crippen molar-refractivity contribution in [3.63, 3.8) is 0 Å². The molecule has 0 saturated heterocycles. The van der Waals surface area contributed by atoms with E-state index in [9.17, 15) is 4.79 Å². The van der Waals surface area contributed by atoms with Crippen molar-refractivity contribution in [3.05, 3.63) is 70.1 Å². The number of fused-ring (bicyclic) bond motifs is 1. The zero-order valence-corrected chi connectivity index (χ0v) is 17.2. The van der Waals surface area contributed by atoms with E-state index in [0.29, 0.717) is 11.3 Å².